The molecular weight excluding hydrogens is 322 g/mol. The maximum absolute atomic E-state index is 12.6. The van der Waals surface area contributed by atoms with Crippen LogP contribution in [0, 0.1) is 0 Å². The van der Waals surface area contributed by atoms with Crippen molar-refractivity contribution in [3.05, 3.63) is 31.3 Å². The summed E-state index contributed by atoms with van der Waals surface area (Å²) >= 11 is 1.32. The minimum Gasteiger partial charge on any atom is -0.480 e. The van der Waals surface area contributed by atoms with E-state index in [2.05, 4.69) is 0 Å². The van der Waals surface area contributed by atoms with E-state index in [1.54, 1.807) is 0 Å². The van der Waals surface area contributed by atoms with E-state index < -0.39 is 29.7 Å². The number of nitrogens with zero attached hydrogens (tertiary/aromatic N) is 2. The lowest BCUT2D eigenvalue weighted by Gasteiger charge is -2.11. The van der Waals surface area contributed by atoms with Crippen LogP contribution < -0.4 is 17.0 Å². The molecule has 0 atom stereocenters. The lowest BCUT2D eigenvalue weighted by molar-refractivity contribution is -0.137. The molecule has 1 amide bonds. The van der Waals surface area contributed by atoms with E-state index in [0.717, 1.165) is 34.3 Å². The predicted octanol–water partition coefficient (Wildman–Crippen LogP) is -0.327. The zero-order valence-electron chi connectivity index (χ0n) is 12.2. The van der Waals surface area contributed by atoms with Gasteiger partial charge in [-0.3, -0.25) is 19.0 Å². The van der Waals surface area contributed by atoms with Crippen molar-refractivity contribution in [1.29, 1.82) is 0 Å². The summed E-state index contributed by atoms with van der Waals surface area (Å²) in [7, 11) is 0. The van der Waals surface area contributed by atoms with E-state index in [0.29, 0.717) is 21.2 Å². The van der Waals surface area contributed by atoms with Gasteiger partial charge in [-0.2, -0.15) is 0 Å². The topological polar surface area (TPSA) is 124 Å². The average Bonchev–Trinajstić information content (AvgIpc) is 2.87. The molecule has 0 spiro atoms. The lowest BCUT2D eigenvalue weighted by atomic mass is 9.97. The van der Waals surface area contributed by atoms with Gasteiger partial charge in [0.1, 0.15) is 17.9 Å². The summed E-state index contributed by atoms with van der Waals surface area (Å²) < 4.78 is 1.78. The minimum atomic E-state index is -1.29. The van der Waals surface area contributed by atoms with Crippen molar-refractivity contribution in [2.24, 2.45) is 5.73 Å². The molecule has 0 aliphatic heterocycles. The van der Waals surface area contributed by atoms with Crippen LogP contribution in [-0.4, -0.2) is 26.1 Å². The number of hydrogen-bond acceptors (Lipinski definition) is 5. The number of aliphatic carboxylic acids is 1. The average molecular weight is 337 g/mol. The first-order valence-corrected chi connectivity index (χ1v) is 7.99. The molecule has 0 fully saturated rings. The molecule has 0 radical (unpaired) electrons. The maximum atomic E-state index is 12.6. The Morgan fingerprint density at radius 1 is 1.13 bits per heavy atom. The molecule has 0 saturated heterocycles. The van der Waals surface area contributed by atoms with Crippen LogP contribution in [0.25, 0.3) is 10.2 Å². The Morgan fingerprint density at radius 2 is 1.83 bits per heavy atom. The number of rotatable bonds is 4. The third-order valence-corrected chi connectivity index (χ3v) is 5.24. The second kappa shape index (κ2) is 5.65. The summed E-state index contributed by atoms with van der Waals surface area (Å²) in [5.41, 5.74) is 4.65. The second-order valence-corrected chi connectivity index (χ2v) is 6.59. The fraction of sp³-hybridized carbons (Fsp3) is 0.429. The monoisotopic (exact) mass is 337 g/mol. The Bertz CT molecular complexity index is 937. The van der Waals surface area contributed by atoms with Crippen molar-refractivity contribution in [2.45, 2.75) is 38.8 Å². The fourth-order valence-electron chi connectivity index (χ4n) is 2.99. The van der Waals surface area contributed by atoms with Gasteiger partial charge in [-0.1, -0.05) is 0 Å². The van der Waals surface area contributed by atoms with Crippen molar-refractivity contribution < 1.29 is 14.7 Å². The van der Waals surface area contributed by atoms with E-state index in [1.807, 2.05) is 0 Å². The van der Waals surface area contributed by atoms with Crippen LogP contribution in [0.5, 0.6) is 0 Å². The number of thiophene rings is 1. The number of primary amides is 1. The van der Waals surface area contributed by atoms with E-state index in [9.17, 15) is 19.2 Å². The predicted molar refractivity (Wildman–Crippen MR) is 83.8 cm³/mol. The quantitative estimate of drug-likeness (QED) is 0.790. The van der Waals surface area contributed by atoms with Crippen LogP contribution in [0.4, 0.5) is 0 Å². The minimum absolute atomic E-state index is 0.354. The largest absolute Gasteiger partial charge is 0.480 e. The van der Waals surface area contributed by atoms with Crippen molar-refractivity contribution >= 4 is 33.4 Å². The van der Waals surface area contributed by atoms with Gasteiger partial charge in [-0.25, -0.2) is 9.36 Å². The summed E-state index contributed by atoms with van der Waals surface area (Å²) in [6.07, 6.45) is 3.47. The molecule has 0 bridgehead atoms. The number of aromatic nitrogens is 2. The summed E-state index contributed by atoms with van der Waals surface area (Å²) in [6.45, 7) is -1.12. The Morgan fingerprint density at radius 3 is 2.48 bits per heavy atom. The molecule has 2 aromatic rings. The molecule has 23 heavy (non-hydrogen) atoms. The van der Waals surface area contributed by atoms with E-state index in [-0.39, 0.29) is 6.54 Å². The maximum Gasteiger partial charge on any atom is 0.333 e. The van der Waals surface area contributed by atoms with Gasteiger partial charge in [0.2, 0.25) is 5.91 Å². The summed E-state index contributed by atoms with van der Waals surface area (Å²) in [5, 5.41) is 9.31. The van der Waals surface area contributed by atoms with Crippen molar-refractivity contribution in [1.82, 2.24) is 9.13 Å². The molecule has 2 aromatic heterocycles. The van der Waals surface area contributed by atoms with Crippen LogP contribution >= 0.6 is 11.3 Å². The molecule has 1 aliphatic carbocycles. The third kappa shape index (κ3) is 2.56. The molecule has 1 aliphatic rings. The van der Waals surface area contributed by atoms with Crippen LogP contribution in [0.3, 0.4) is 0 Å². The first-order valence-electron chi connectivity index (χ1n) is 7.18. The number of carbonyl (C=O) groups is 2. The molecule has 8 nitrogen and oxygen atoms in total. The van der Waals surface area contributed by atoms with Crippen molar-refractivity contribution in [3.8, 4) is 0 Å². The van der Waals surface area contributed by atoms with Gasteiger partial charge in [-0.15, -0.1) is 11.3 Å². The van der Waals surface area contributed by atoms with Crippen LogP contribution in [0.2, 0.25) is 0 Å². The van der Waals surface area contributed by atoms with Gasteiger partial charge >= 0.3 is 11.7 Å². The highest BCUT2D eigenvalue weighted by Crippen LogP contribution is 2.34. The Labute approximate surface area is 133 Å². The number of carboxylic acids is 1. The summed E-state index contributed by atoms with van der Waals surface area (Å²) in [5.74, 6) is -2.02. The smallest absolute Gasteiger partial charge is 0.333 e. The number of carbonyl (C=O) groups excluding carboxylic acids is 1. The fourth-order valence-corrected chi connectivity index (χ4v) is 4.36. The normalized spacial score (nSPS) is 13.9. The second-order valence-electron chi connectivity index (χ2n) is 5.51. The summed E-state index contributed by atoms with van der Waals surface area (Å²) in [4.78, 5) is 48.8. The Balaban J connectivity index is 2.40. The van der Waals surface area contributed by atoms with Gasteiger partial charge in [-0.05, 0) is 31.2 Å². The van der Waals surface area contributed by atoms with Crippen molar-refractivity contribution in [3.63, 3.8) is 0 Å². The number of nitrogens with two attached hydrogens (primary N) is 1. The van der Waals surface area contributed by atoms with Crippen LogP contribution in [-0.2, 0) is 35.5 Å². The lowest BCUT2D eigenvalue weighted by Crippen LogP contribution is -2.43. The summed E-state index contributed by atoms with van der Waals surface area (Å²) in [6, 6.07) is 0. The number of fused-ring (bicyclic) bond motifs is 3. The zero-order valence-corrected chi connectivity index (χ0v) is 13.0. The molecule has 0 unspecified atom stereocenters. The first-order chi connectivity index (χ1) is 10.9. The SMILES string of the molecule is NC(=O)Cn1c(=O)n(CC(=O)O)c(=O)c2c3c(sc21)CCCC3. The van der Waals surface area contributed by atoms with Crippen molar-refractivity contribution in [2.75, 3.05) is 0 Å². The molecule has 9 heteroatoms. The van der Waals surface area contributed by atoms with Gasteiger partial charge < -0.3 is 10.8 Å². The Hall–Kier alpha value is -2.42. The highest BCUT2D eigenvalue weighted by Gasteiger charge is 2.24. The molecule has 3 N–H and O–H groups in total. The van der Waals surface area contributed by atoms with Gasteiger partial charge in [0.25, 0.3) is 5.56 Å². The van der Waals surface area contributed by atoms with E-state index in [4.69, 9.17) is 10.8 Å². The number of carboxylic acid groups (broad SMARTS) is 1. The number of hydrogen-bond donors (Lipinski definition) is 2. The molecule has 0 aromatic carbocycles. The molecule has 2 heterocycles. The van der Waals surface area contributed by atoms with Crippen LogP contribution in [0.15, 0.2) is 9.59 Å². The van der Waals surface area contributed by atoms with Crippen LogP contribution in [0.1, 0.15) is 23.3 Å². The van der Waals surface area contributed by atoms with Gasteiger partial charge in [0, 0.05) is 4.88 Å². The van der Waals surface area contributed by atoms with E-state index in [1.165, 1.54) is 11.3 Å². The number of amides is 1. The highest BCUT2D eigenvalue weighted by molar-refractivity contribution is 7.18. The molecule has 3 rings (SSSR count). The molecular formula is C14H15N3O5S. The third-order valence-electron chi connectivity index (χ3n) is 3.93. The highest BCUT2D eigenvalue weighted by atomic mass is 32.1. The van der Waals surface area contributed by atoms with Gasteiger partial charge in [0.15, 0.2) is 0 Å². The van der Waals surface area contributed by atoms with E-state index >= 15 is 0 Å². The first kappa shape index (κ1) is 15.5. The Kier molecular flexibility index (Phi) is 3.80. The van der Waals surface area contributed by atoms with Gasteiger partial charge in [0.05, 0.1) is 5.39 Å². The molecule has 122 valence electrons. The molecule has 0 saturated carbocycles. The number of aryl methyl sites for hydroxylation is 2. The standard InChI is InChI=1S/C14H15N3O5S/c15-9(18)5-17-13-11(7-3-1-2-4-8(7)23-13)12(21)16(14(17)22)6-10(19)20/h1-6H2,(H2,15,18)(H,19,20). The zero-order chi connectivity index (χ0) is 16.7.